The summed E-state index contributed by atoms with van der Waals surface area (Å²) < 4.78 is 25.7. The van der Waals surface area contributed by atoms with Crippen molar-refractivity contribution in [3.8, 4) is 0 Å². The molecular weight excluding hydrogens is 452 g/mol. The van der Waals surface area contributed by atoms with Gasteiger partial charge in [0.2, 0.25) is 15.8 Å². The van der Waals surface area contributed by atoms with E-state index in [-0.39, 0.29) is 12.2 Å². The number of aryl methyl sites for hydroxylation is 1. The van der Waals surface area contributed by atoms with Crippen molar-refractivity contribution in [3.05, 3.63) is 93.8 Å². The summed E-state index contributed by atoms with van der Waals surface area (Å²) in [6.45, 7) is 1.75. The lowest BCUT2D eigenvalue weighted by atomic mass is 9.78. The van der Waals surface area contributed by atoms with E-state index in [0.717, 1.165) is 0 Å². The van der Waals surface area contributed by atoms with Gasteiger partial charge in [-0.15, -0.1) is 0 Å². The normalized spacial score (nSPS) is 13.5. The number of carbonyl (C=O) groups excluding carboxylic acids is 1. The van der Waals surface area contributed by atoms with E-state index in [1.165, 1.54) is 0 Å². The first-order valence-electron chi connectivity index (χ1n) is 9.69. The van der Waals surface area contributed by atoms with Crippen LogP contribution in [0.4, 0.5) is 0 Å². The lowest BCUT2D eigenvalue weighted by Crippen LogP contribution is -2.46. The maximum Gasteiger partial charge on any atom is 0.315 e. The van der Waals surface area contributed by atoms with Gasteiger partial charge in [-0.05, 0) is 48.4 Å². The smallest absolute Gasteiger partial charge is 0.315 e. The average molecular weight is 475 g/mol. The molecule has 2 aromatic carbocycles. The number of nitrogens with zero attached hydrogens (tertiary/aromatic N) is 1. The number of carboxylic acids is 1. The van der Waals surface area contributed by atoms with Crippen LogP contribution in [0.5, 0.6) is 0 Å². The number of rotatable bonds is 8. The van der Waals surface area contributed by atoms with Crippen LogP contribution in [0.3, 0.4) is 0 Å². The molecule has 0 aliphatic heterocycles. The van der Waals surface area contributed by atoms with Gasteiger partial charge in [-0.2, -0.15) is 0 Å². The fourth-order valence-corrected chi connectivity index (χ4v) is 5.17. The lowest BCUT2D eigenvalue weighted by Gasteiger charge is -2.29. The van der Waals surface area contributed by atoms with E-state index in [1.54, 1.807) is 79.2 Å². The zero-order chi connectivity index (χ0) is 23.7. The van der Waals surface area contributed by atoms with Crippen molar-refractivity contribution in [1.29, 1.82) is 0 Å². The molecule has 1 atom stereocenters. The first-order valence-corrected chi connectivity index (χ1v) is 11.8. The maximum absolute atomic E-state index is 13.1. The molecule has 0 spiro atoms. The zero-order valence-electron chi connectivity index (χ0n) is 17.6. The van der Waals surface area contributed by atoms with Gasteiger partial charge in [-0.3, -0.25) is 9.59 Å². The van der Waals surface area contributed by atoms with E-state index in [2.05, 4.69) is 0 Å². The van der Waals surface area contributed by atoms with Gasteiger partial charge in [0, 0.05) is 29.7 Å². The van der Waals surface area contributed by atoms with E-state index in [1.807, 2.05) is 0 Å². The number of halogens is 1. The highest BCUT2D eigenvalue weighted by molar-refractivity contribution is 7.89. The van der Waals surface area contributed by atoms with E-state index in [0.29, 0.717) is 33.1 Å². The topological polar surface area (TPSA) is 119 Å². The van der Waals surface area contributed by atoms with Gasteiger partial charge in [0.25, 0.3) is 0 Å². The van der Waals surface area contributed by atoms with Crippen molar-refractivity contribution >= 4 is 33.4 Å². The van der Waals surface area contributed by atoms with Gasteiger partial charge in [0.05, 0.1) is 11.4 Å². The van der Waals surface area contributed by atoms with Gasteiger partial charge in [-0.1, -0.05) is 41.9 Å². The fraction of sp³-hybridized carbons (Fsp3) is 0.217. The fourth-order valence-electron chi connectivity index (χ4n) is 3.97. The Balaban J connectivity index is 2.12. The second kappa shape index (κ2) is 8.90. The molecular formula is C23H23ClN2O5S. The molecule has 3 aromatic rings. The molecule has 0 aliphatic carbocycles. The highest BCUT2D eigenvalue weighted by Crippen LogP contribution is 2.32. The largest absolute Gasteiger partial charge is 0.481 e. The molecule has 3 rings (SSSR count). The molecule has 3 N–H and O–H groups in total. The van der Waals surface area contributed by atoms with Crippen LogP contribution < -0.4 is 5.14 Å². The predicted molar refractivity (Wildman–Crippen MR) is 122 cm³/mol. The van der Waals surface area contributed by atoms with Crippen LogP contribution in [0.2, 0.25) is 5.02 Å². The van der Waals surface area contributed by atoms with Crippen molar-refractivity contribution in [1.82, 2.24) is 4.57 Å². The molecule has 0 fully saturated rings. The average Bonchev–Trinajstić information content (AvgIpc) is 2.99. The number of carbonyl (C=O) groups is 2. The Kier molecular flexibility index (Phi) is 6.59. The molecule has 168 valence electrons. The van der Waals surface area contributed by atoms with Crippen LogP contribution in [0, 0.1) is 6.92 Å². The number of aromatic nitrogens is 1. The molecule has 0 amide bonds. The minimum Gasteiger partial charge on any atom is -0.481 e. The number of hydrogen-bond acceptors (Lipinski definition) is 4. The molecule has 9 heteroatoms. The van der Waals surface area contributed by atoms with Crippen LogP contribution in [0.25, 0.3) is 0 Å². The minimum absolute atomic E-state index is 0.173. The molecule has 0 saturated carbocycles. The lowest BCUT2D eigenvalue weighted by molar-refractivity contribution is -0.143. The van der Waals surface area contributed by atoms with Crippen molar-refractivity contribution in [2.45, 2.75) is 18.8 Å². The number of aliphatic carboxylic acids is 1. The second-order valence-corrected chi connectivity index (χ2v) is 9.85. The van der Waals surface area contributed by atoms with Gasteiger partial charge < -0.3 is 9.67 Å². The molecule has 0 bridgehead atoms. The number of benzene rings is 2. The van der Waals surface area contributed by atoms with Gasteiger partial charge >= 0.3 is 5.97 Å². The molecule has 32 heavy (non-hydrogen) atoms. The van der Waals surface area contributed by atoms with Crippen LogP contribution in [-0.4, -0.2) is 35.6 Å². The van der Waals surface area contributed by atoms with Crippen LogP contribution in [0.1, 0.15) is 32.9 Å². The quantitative estimate of drug-likeness (QED) is 0.486. The van der Waals surface area contributed by atoms with E-state index >= 15 is 0 Å². The summed E-state index contributed by atoms with van der Waals surface area (Å²) >= 11 is 5.91. The third kappa shape index (κ3) is 4.77. The zero-order valence-corrected chi connectivity index (χ0v) is 19.2. The van der Waals surface area contributed by atoms with Crippen molar-refractivity contribution < 1.29 is 23.1 Å². The third-order valence-corrected chi connectivity index (χ3v) is 6.66. The first-order chi connectivity index (χ1) is 14.9. The van der Waals surface area contributed by atoms with Crippen molar-refractivity contribution in [3.63, 3.8) is 0 Å². The summed E-state index contributed by atoms with van der Waals surface area (Å²) in [5.74, 6) is -2.36. The van der Waals surface area contributed by atoms with Gasteiger partial charge in [0.1, 0.15) is 5.41 Å². The number of nitrogens with two attached hydrogens (primary N) is 1. The Morgan fingerprint density at radius 3 is 2.22 bits per heavy atom. The van der Waals surface area contributed by atoms with E-state index in [4.69, 9.17) is 16.7 Å². The summed E-state index contributed by atoms with van der Waals surface area (Å²) in [4.78, 5) is 25.6. The Hall–Kier alpha value is -2.94. The van der Waals surface area contributed by atoms with E-state index < -0.39 is 27.2 Å². The Morgan fingerprint density at radius 2 is 1.69 bits per heavy atom. The molecule has 1 unspecified atom stereocenters. The number of hydrogen-bond donors (Lipinski definition) is 2. The number of primary sulfonamides is 1. The van der Waals surface area contributed by atoms with Gasteiger partial charge in [-0.25, -0.2) is 13.6 Å². The monoisotopic (exact) mass is 474 g/mol. The molecule has 0 aliphatic rings. The molecule has 1 heterocycles. The summed E-state index contributed by atoms with van der Waals surface area (Å²) in [7, 11) is -2.49. The third-order valence-electron chi connectivity index (χ3n) is 5.51. The molecule has 0 radical (unpaired) electrons. The first kappa shape index (κ1) is 23.7. The van der Waals surface area contributed by atoms with E-state index in [9.17, 15) is 23.1 Å². The summed E-state index contributed by atoms with van der Waals surface area (Å²) in [5, 5.41) is 16.0. The Labute approximate surface area is 191 Å². The highest BCUT2D eigenvalue weighted by Gasteiger charge is 2.44. The van der Waals surface area contributed by atoms with Crippen LogP contribution >= 0.6 is 11.6 Å². The van der Waals surface area contributed by atoms with Crippen LogP contribution in [0.15, 0.2) is 60.7 Å². The van der Waals surface area contributed by atoms with Crippen molar-refractivity contribution in [2.75, 3.05) is 5.75 Å². The predicted octanol–water partition coefficient (Wildman–Crippen LogP) is 3.07. The number of ketones is 1. The standard InChI is InChI=1S/C23H23ClN2O5S/c1-15-12-19(26(2)20(15)21(27)16-8-10-18(24)11-9-16)13-23(22(28)29,14-32(25,30)31)17-6-4-3-5-7-17/h3-12H,13-14H2,1-2H3,(H,28,29)(H2,25,30,31). The minimum atomic E-state index is -4.14. The van der Waals surface area contributed by atoms with Crippen LogP contribution in [-0.2, 0) is 33.7 Å². The Morgan fingerprint density at radius 1 is 1.09 bits per heavy atom. The second-order valence-electron chi connectivity index (χ2n) is 7.80. The number of sulfonamides is 1. The molecule has 0 saturated heterocycles. The SMILES string of the molecule is Cc1cc(CC(CS(N)(=O)=O)(C(=O)O)c2ccccc2)n(C)c1C(=O)c1ccc(Cl)cc1. The van der Waals surface area contributed by atoms with Crippen molar-refractivity contribution in [2.24, 2.45) is 12.2 Å². The maximum atomic E-state index is 13.1. The molecule has 1 aromatic heterocycles. The summed E-state index contributed by atoms with van der Waals surface area (Å²) in [5.41, 5.74) is 0.437. The summed E-state index contributed by atoms with van der Waals surface area (Å²) in [6.07, 6.45) is -0.173. The Bertz CT molecular complexity index is 1270. The highest BCUT2D eigenvalue weighted by atomic mass is 35.5. The van der Waals surface area contributed by atoms with Gasteiger partial charge in [0.15, 0.2) is 0 Å². The summed E-state index contributed by atoms with van der Waals surface area (Å²) in [6, 6.07) is 16.3. The molecule has 7 nitrogen and oxygen atoms in total. The number of carboxylic acid groups (broad SMARTS) is 1.